The lowest BCUT2D eigenvalue weighted by atomic mass is 9.92. The molecule has 0 saturated heterocycles. The first-order chi connectivity index (χ1) is 16.3. The molecule has 0 amide bonds. The molecule has 0 unspecified atom stereocenters. The fourth-order valence-corrected chi connectivity index (χ4v) is 3.68. The van der Waals surface area contributed by atoms with E-state index in [1.54, 1.807) is 0 Å². The summed E-state index contributed by atoms with van der Waals surface area (Å²) >= 11 is 0. The van der Waals surface area contributed by atoms with Gasteiger partial charge in [-0.15, -0.1) is 0 Å². The molecule has 0 spiro atoms. The zero-order valence-corrected chi connectivity index (χ0v) is 17.8. The minimum atomic E-state index is -5.61. The SMILES string of the molecule is COc1ccc(OCc2cnc3c(cc(C(O)(O)C(F)(F)F)c4cnccc43)c2C(F)(F)F)cc1. The molecule has 2 aromatic carbocycles. The molecule has 12 heteroatoms. The molecule has 0 atom stereocenters. The van der Waals surface area contributed by atoms with E-state index in [0.717, 1.165) is 24.7 Å². The van der Waals surface area contributed by atoms with Crippen molar-refractivity contribution in [3.8, 4) is 11.5 Å². The van der Waals surface area contributed by atoms with E-state index in [1.807, 2.05) is 0 Å². The highest BCUT2D eigenvalue weighted by Gasteiger charge is 2.55. The van der Waals surface area contributed by atoms with Gasteiger partial charge in [-0.1, -0.05) is 0 Å². The van der Waals surface area contributed by atoms with Crippen LogP contribution >= 0.6 is 0 Å². The summed E-state index contributed by atoms with van der Waals surface area (Å²) in [5.41, 5.74) is -3.27. The van der Waals surface area contributed by atoms with Crippen molar-refractivity contribution in [2.45, 2.75) is 24.7 Å². The van der Waals surface area contributed by atoms with E-state index in [9.17, 15) is 36.6 Å². The van der Waals surface area contributed by atoms with E-state index < -0.39 is 52.2 Å². The van der Waals surface area contributed by atoms with Crippen LogP contribution in [0.3, 0.4) is 0 Å². The molecule has 0 aliphatic carbocycles. The number of hydrogen-bond acceptors (Lipinski definition) is 6. The van der Waals surface area contributed by atoms with E-state index in [2.05, 4.69) is 9.97 Å². The minimum absolute atomic E-state index is 0.169. The zero-order valence-electron chi connectivity index (χ0n) is 17.8. The highest BCUT2D eigenvalue weighted by molar-refractivity contribution is 6.08. The van der Waals surface area contributed by atoms with Crippen LogP contribution in [0.15, 0.2) is 55.0 Å². The predicted octanol–water partition coefficient (Wildman–Crippen LogP) is 5.09. The molecule has 0 bridgehead atoms. The number of fused-ring (bicyclic) bond motifs is 3. The van der Waals surface area contributed by atoms with Crippen molar-refractivity contribution in [1.82, 2.24) is 9.97 Å². The topological polar surface area (TPSA) is 84.7 Å². The minimum Gasteiger partial charge on any atom is -0.497 e. The lowest BCUT2D eigenvalue weighted by Crippen LogP contribution is -2.42. The number of halogens is 6. The summed E-state index contributed by atoms with van der Waals surface area (Å²) in [7, 11) is 1.44. The average Bonchev–Trinajstić information content (AvgIpc) is 2.80. The molecule has 0 aliphatic heterocycles. The standard InChI is InChI=1S/C23H16F6N2O4/c1-34-13-2-4-14(5-3-13)35-11-12-9-31-20-15-6-7-30-10-17(15)18(21(32,33)23(27,28)29)8-16(20)19(12)22(24,25)26/h2-10,32-33H,11H2,1H3. The lowest BCUT2D eigenvalue weighted by Gasteiger charge is -2.27. The molecule has 4 aromatic rings. The zero-order chi connectivity index (χ0) is 25.6. The van der Waals surface area contributed by atoms with Crippen molar-refractivity contribution >= 4 is 21.7 Å². The van der Waals surface area contributed by atoms with Crippen LogP contribution in [-0.4, -0.2) is 33.5 Å². The van der Waals surface area contributed by atoms with E-state index in [4.69, 9.17) is 9.47 Å². The van der Waals surface area contributed by atoms with Gasteiger partial charge in [-0.25, -0.2) is 0 Å². The van der Waals surface area contributed by atoms with Crippen LogP contribution in [0.25, 0.3) is 21.7 Å². The molecular formula is C23H16F6N2O4. The lowest BCUT2D eigenvalue weighted by molar-refractivity contribution is -0.357. The number of methoxy groups -OCH3 is 1. The number of pyridine rings is 2. The third kappa shape index (κ3) is 4.42. The summed E-state index contributed by atoms with van der Waals surface area (Å²) in [6.07, 6.45) is -7.69. The first kappa shape index (κ1) is 24.5. The van der Waals surface area contributed by atoms with Crippen molar-refractivity contribution in [1.29, 1.82) is 0 Å². The summed E-state index contributed by atoms with van der Waals surface area (Å²) in [6.45, 7) is -0.615. The molecule has 0 aliphatic rings. The van der Waals surface area contributed by atoms with Gasteiger partial charge in [-0.05, 0) is 36.4 Å². The van der Waals surface area contributed by atoms with E-state index in [-0.39, 0.29) is 16.7 Å². The van der Waals surface area contributed by atoms with Crippen LogP contribution < -0.4 is 9.47 Å². The number of alkyl halides is 6. The van der Waals surface area contributed by atoms with Crippen LogP contribution in [0.4, 0.5) is 26.3 Å². The summed E-state index contributed by atoms with van der Waals surface area (Å²) in [5.74, 6) is -3.73. The van der Waals surface area contributed by atoms with Crippen molar-refractivity contribution in [3.05, 3.63) is 71.7 Å². The Morgan fingerprint density at radius 2 is 1.51 bits per heavy atom. The van der Waals surface area contributed by atoms with Crippen molar-refractivity contribution in [3.63, 3.8) is 0 Å². The van der Waals surface area contributed by atoms with Crippen molar-refractivity contribution in [2.75, 3.05) is 7.11 Å². The first-order valence-electron chi connectivity index (χ1n) is 9.89. The molecule has 35 heavy (non-hydrogen) atoms. The molecule has 0 radical (unpaired) electrons. The van der Waals surface area contributed by atoms with Gasteiger partial charge in [0, 0.05) is 45.9 Å². The second kappa shape index (κ2) is 8.54. The maximum absolute atomic E-state index is 14.2. The van der Waals surface area contributed by atoms with Gasteiger partial charge in [0.05, 0.1) is 18.2 Å². The van der Waals surface area contributed by atoms with Crippen LogP contribution in [0.1, 0.15) is 16.7 Å². The second-order valence-corrected chi connectivity index (χ2v) is 7.53. The van der Waals surface area contributed by atoms with Crippen molar-refractivity contribution < 1.29 is 46.0 Å². The number of nitrogens with zero attached hydrogens (tertiary/aromatic N) is 2. The van der Waals surface area contributed by atoms with Gasteiger partial charge in [0.15, 0.2) is 0 Å². The van der Waals surface area contributed by atoms with Gasteiger partial charge < -0.3 is 19.7 Å². The number of rotatable bonds is 5. The van der Waals surface area contributed by atoms with Gasteiger partial charge in [-0.3, -0.25) is 9.97 Å². The highest BCUT2D eigenvalue weighted by Crippen LogP contribution is 2.44. The Balaban J connectivity index is 1.94. The molecule has 2 N–H and O–H groups in total. The normalized spacial score (nSPS) is 12.8. The van der Waals surface area contributed by atoms with E-state index >= 15 is 0 Å². The smallest absolute Gasteiger partial charge is 0.447 e. The fourth-order valence-electron chi connectivity index (χ4n) is 3.68. The Hall–Kier alpha value is -3.64. The summed E-state index contributed by atoms with van der Waals surface area (Å²) in [6, 6.07) is 7.57. The second-order valence-electron chi connectivity index (χ2n) is 7.53. The summed E-state index contributed by atoms with van der Waals surface area (Å²) in [5, 5.41) is 18.5. The average molecular weight is 498 g/mol. The molecule has 2 aromatic heterocycles. The van der Waals surface area contributed by atoms with Crippen LogP contribution in [0.5, 0.6) is 11.5 Å². The third-order valence-electron chi connectivity index (χ3n) is 5.36. The largest absolute Gasteiger partial charge is 0.497 e. The molecule has 2 heterocycles. The Bertz CT molecular complexity index is 1390. The fraction of sp³-hybridized carbons (Fsp3) is 0.217. The molecular weight excluding hydrogens is 482 g/mol. The van der Waals surface area contributed by atoms with E-state index in [1.165, 1.54) is 31.4 Å². The molecule has 0 saturated carbocycles. The maximum Gasteiger partial charge on any atom is 0.447 e. The quantitative estimate of drug-likeness (QED) is 0.227. The Labute approximate surface area is 193 Å². The van der Waals surface area contributed by atoms with Gasteiger partial charge >= 0.3 is 12.4 Å². The van der Waals surface area contributed by atoms with Crippen molar-refractivity contribution in [2.24, 2.45) is 0 Å². The summed E-state index contributed by atoms with van der Waals surface area (Å²) < 4.78 is 93.4. The number of aromatic nitrogens is 2. The third-order valence-corrected chi connectivity index (χ3v) is 5.36. The van der Waals surface area contributed by atoms with Gasteiger partial charge in [0.25, 0.3) is 5.79 Å². The van der Waals surface area contributed by atoms with Crippen LogP contribution in [0, 0.1) is 0 Å². The highest BCUT2D eigenvalue weighted by atomic mass is 19.4. The van der Waals surface area contributed by atoms with Gasteiger partial charge in [0.1, 0.15) is 18.1 Å². The van der Waals surface area contributed by atoms with E-state index in [0.29, 0.717) is 11.8 Å². The van der Waals surface area contributed by atoms with Gasteiger partial charge in [0.2, 0.25) is 0 Å². The Morgan fingerprint density at radius 1 is 0.857 bits per heavy atom. The summed E-state index contributed by atoms with van der Waals surface area (Å²) in [4.78, 5) is 7.71. The number of benzene rings is 2. The molecule has 4 rings (SSSR count). The monoisotopic (exact) mass is 498 g/mol. The Morgan fingerprint density at radius 3 is 2.11 bits per heavy atom. The number of aliphatic hydroxyl groups is 2. The van der Waals surface area contributed by atoms with Crippen LogP contribution in [-0.2, 0) is 18.6 Å². The first-order valence-corrected chi connectivity index (χ1v) is 9.89. The van der Waals surface area contributed by atoms with Gasteiger partial charge in [-0.2, -0.15) is 26.3 Å². The van der Waals surface area contributed by atoms with Crippen LogP contribution in [0.2, 0.25) is 0 Å². The molecule has 184 valence electrons. The molecule has 6 nitrogen and oxygen atoms in total. The Kier molecular flexibility index (Phi) is 5.97. The number of hydrogen-bond donors (Lipinski definition) is 2. The number of ether oxygens (including phenoxy) is 2. The molecule has 0 fully saturated rings. The predicted molar refractivity (Wildman–Crippen MR) is 112 cm³/mol. The maximum atomic E-state index is 14.2.